The van der Waals surface area contributed by atoms with Crippen molar-refractivity contribution >= 4 is 5.91 Å². The molecule has 128 valence electrons. The van der Waals surface area contributed by atoms with E-state index in [2.05, 4.69) is 6.07 Å². The highest BCUT2D eigenvalue weighted by Crippen LogP contribution is 2.30. The number of nitrogens with zero attached hydrogens (tertiary/aromatic N) is 2. The largest absolute Gasteiger partial charge is 0.493 e. The van der Waals surface area contributed by atoms with E-state index in [1.165, 1.54) is 7.11 Å². The van der Waals surface area contributed by atoms with Crippen molar-refractivity contribution in [1.29, 1.82) is 5.26 Å². The van der Waals surface area contributed by atoms with Crippen LogP contribution in [0.4, 0.5) is 0 Å². The molecule has 2 atom stereocenters. The van der Waals surface area contributed by atoms with E-state index in [9.17, 15) is 4.79 Å². The summed E-state index contributed by atoms with van der Waals surface area (Å²) in [7, 11) is 1.51. The molecule has 2 fully saturated rings. The zero-order valence-corrected chi connectivity index (χ0v) is 13.9. The van der Waals surface area contributed by atoms with Crippen LogP contribution in [0.3, 0.4) is 0 Å². The second kappa shape index (κ2) is 7.54. The normalized spacial score (nSPS) is 23.1. The summed E-state index contributed by atoms with van der Waals surface area (Å²) in [6.45, 7) is 1.40. The third kappa shape index (κ3) is 3.46. The third-order valence-electron chi connectivity index (χ3n) is 4.66. The van der Waals surface area contributed by atoms with Crippen molar-refractivity contribution in [3.63, 3.8) is 0 Å². The number of fused-ring (bicyclic) bond motifs is 1. The average molecular weight is 330 g/mol. The minimum atomic E-state index is -0.0362. The molecule has 3 rings (SSSR count). The van der Waals surface area contributed by atoms with Crippen LogP contribution in [0.2, 0.25) is 0 Å². The lowest BCUT2D eigenvalue weighted by Crippen LogP contribution is -2.45. The molecule has 1 saturated carbocycles. The smallest absolute Gasteiger partial charge is 0.260 e. The molecule has 1 heterocycles. The number of nitriles is 1. The molecule has 1 amide bonds. The van der Waals surface area contributed by atoms with Crippen molar-refractivity contribution in [2.75, 3.05) is 26.9 Å². The molecule has 1 saturated heterocycles. The average Bonchev–Trinajstić information content (AvgIpc) is 2.98. The van der Waals surface area contributed by atoms with Crippen molar-refractivity contribution in [2.45, 2.75) is 37.8 Å². The first-order valence-electron chi connectivity index (χ1n) is 8.35. The van der Waals surface area contributed by atoms with Crippen molar-refractivity contribution in [2.24, 2.45) is 0 Å². The molecule has 24 heavy (non-hydrogen) atoms. The summed E-state index contributed by atoms with van der Waals surface area (Å²) >= 11 is 0. The summed E-state index contributed by atoms with van der Waals surface area (Å²) < 4.78 is 16.7. The number of ether oxygens (including phenoxy) is 3. The van der Waals surface area contributed by atoms with Gasteiger partial charge in [0.2, 0.25) is 0 Å². The second-order valence-corrected chi connectivity index (χ2v) is 6.11. The summed E-state index contributed by atoms with van der Waals surface area (Å²) in [6.07, 6.45) is 4.15. The molecule has 1 aromatic carbocycles. The Kier molecular flexibility index (Phi) is 5.21. The number of methoxy groups -OCH3 is 1. The third-order valence-corrected chi connectivity index (χ3v) is 4.66. The Morgan fingerprint density at radius 2 is 2.25 bits per heavy atom. The minimum Gasteiger partial charge on any atom is -0.493 e. The molecule has 1 aromatic rings. The molecule has 0 aromatic heterocycles. The number of amides is 1. The van der Waals surface area contributed by atoms with Gasteiger partial charge in [-0.25, -0.2) is 0 Å². The molecule has 6 heteroatoms. The first-order chi connectivity index (χ1) is 11.7. The molecule has 0 N–H and O–H groups in total. The number of benzene rings is 1. The van der Waals surface area contributed by atoms with Gasteiger partial charge in [-0.05, 0) is 37.8 Å². The van der Waals surface area contributed by atoms with E-state index >= 15 is 0 Å². The predicted molar refractivity (Wildman–Crippen MR) is 86.9 cm³/mol. The first kappa shape index (κ1) is 16.6. The zero-order valence-electron chi connectivity index (χ0n) is 13.9. The van der Waals surface area contributed by atoms with Gasteiger partial charge >= 0.3 is 0 Å². The van der Waals surface area contributed by atoms with Gasteiger partial charge in [0.1, 0.15) is 0 Å². The quantitative estimate of drug-likeness (QED) is 0.845. The van der Waals surface area contributed by atoms with E-state index in [-0.39, 0.29) is 24.7 Å². The fraction of sp³-hybridized carbons (Fsp3) is 0.556. The van der Waals surface area contributed by atoms with Crippen LogP contribution >= 0.6 is 0 Å². The Morgan fingerprint density at radius 3 is 3.04 bits per heavy atom. The van der Waals surface area contributed by atoms with E-state index in [4.69, 9.17) is 19.5 Å². The van der Waals surface area contributed by atoms with Crippen LogP contribution in [0.15, 0.2) is 18.2 Å². The molecule has 0 unspecified atom stereocenters. The molecule has 0 radical (unpaired) electrons. The summed E-state index contributed by atoms with van der Waals surface area (Å²) in [5.41, 5.74) is 0.490. The predicted octanol–water partition coefficient (Wildman–Crippen LogP) is 2.12. The van der Waals surface area contributed by atoms with Crippen LogP contribution in [0, 0.1) is 11.3 Å². The summed E-state index contributed by atoms with van der Waals surface area (Å²) in [5, 5.41) is 8.93. The van der Waals surface area contributed by atoms with Crippen LogP contribution in [-0.4, -0.2) is 49.8 Å². The highest BCUT2D eigenvalue weighted by atomic mass is 16.5. The number of carbonyl (C=O) groups excluding carboxylic acids is 1. The van der Waals surface area contributed by atoms with Gasteiger partial charge in [0, 0.05) is 19.2 Å². The van der Waals surface area contributed by atoms with E-state index in [1.807, 2.05) is 4.90 Å². The van der Waals surface area contributed by atoms with E-state index < -0.39 is 0 Å². The Hall–Kier alpha value is -2.26. The van der Waals surface area contributed by atoms with Crippen molar-refractivity contribution in [1.82, 2.24) is 4.90 Å². The van der Waals surface area contributed by atoms with E-state index in [1.54, 1.807) is 18.2 Å². The van der Waals surface area contributed by atoms with E-state index in [0.29, 0.717) is 23.6 Å². The Labute approximate surface area is 141 Å². The van der Waals surface area contributed by atoms with Crippen molar-refractivity contribution in [3.8, 4) is 17.6 Å². The van der Waals surface area contributed by atoms with Crippen LogP contribution in [0.5, 0.6) is 11.5 Å². The number of hydrogen-bond acceptors (Lipinski definition) is 5. The highest BCUT2D eigenvalue weighted by Gasteiger charge is 2.37. The second-order valence-electron chi connectivity index (χ2n) is 6.11. The molecule has 0 bridgehead atoms. The summed E-state index contributed by atoms with van der Waals surface area (Å²) in [4.78, 5) is 14.6. The Morgan fingerprint density at radius 1 is 1.38 bits per heavy atom. The molecule has 1 aliphatic carbocycles. The lowest BCUT2D eigenvalue weighted by atomic mass is 10.1. The van der Waals surface area contributed by atoms with Gasteiger partial charge in [-0.3, -0.25) is 4.79 Å². The molecule has 1 aliphatic heterocycles. The van der Waals surface area contributed by atoms with Gasteiger partial charge in [-0.1, -0.05) is 0 Å². The van der Waals surface area contributed by atoms with Gasteiger partial charge in [-0.2, -0.15) is 5.26 Å². The lowest BCUT2D eigenvalue weighted by molar-refractivity contribution is -0.136. The molecule has 2 aliphatic rings. The lowest BCUT2D eigenvalue weighted by Gasteiger charge is -2.30. The maximum absolute atomic E-state index is 12.6. The molecular formula is C18H22N2O4. The van der Waals surface area contributed by atoms with Gasteiger partial charge < -0.3 is 19.1 Å². The van der Waals surface area contributed by atoms with Crippen molar-refractivity contribution in [3.05, 3.63) is 23.8 Å². The monoisotopic (exact) mass is 330 g/mol. The standard InChI is InChI=1S/C18H22N2O4/c1-22-17-10-13(11-19)6-7-16(17)24-12-18(21)20-8-3-9-23-15-5-2-4-14(15)20/h6-7,10,14-15H,2-5,8-9,12H2,1H3/t14-,15-/m1/s1. The van der Waals surface area contributed by atoms with Crippen molar-refractivity contribution < 1.29 is 19.0 Å². The van der Waals surface area contributed by atoms with Crippen LogP contribution < -0.4 is 9.47 Å². The van der Waals surface area contributed by atoms with Gasteiger partial charge in [0.15, 0.2) is 18.1 Å². The summed E-state index contributed by atoms with van der Waals surface area (Å²) in [6, 6.07) is 7.14. The van der Waals surface area contributed by atoms with Gasteiger partial charge in [-0.15, -0.1) is 0 Å². The molecule has 0 spiro atoms. The van der Waals surface area contributed by atoms with Gasteiger partial charge in [0.05, 0.1) is 30.9 Å². The van der Waals surface area contributed by atoms with Gasteiger partial charge in [0.25, 0.3) is 5.91 Å². The van der Waals surface area contributed by atoms with E-state index in [0.717, 1.165) is 32.3 Å². The zero-order chi connectivity index (χ0) is 16.9. The fourth-order valence-electron chi connectivity index (χ4n) is 3.48. The maximum atomic E-state index is 12.6. The van der Waals surface area contributed by atoms with Crippen LogP contribution in [0.25, 0.3) is 0 Å². The number of rotatable bonds is 4. The maximum Gasteiger partial charge on any atom is 0.260 e. The Balaban J connectivity index is 1.65. The minimum absolute atomic E-state index is 0.0242. The SMILES string of the molecule is COc1cc(C#N)ccc1OCC(=O)N1CCCO[C@@H]2CCC[C@H]21. The first-order valence-corrected chi connectivity index (χ1v) is 8.35. The Bertz CT molecular complexity index is 640. The van der Waals surface area contributed by atoms with Crippen LogP contribution in [0.1, 0.15) is 31.2 Å². The molecular weight excluding hydrogens is 308 g/mol. The molecule has 6 nitrogen and oxygen atoms in total. The highest BCUT2D eigenvalue weighted by molar-refractivity contribution is 5.78. The number of carbonyl (C=O) groups is 1. The topological polar surface area (TPSA) is 71.8 Å². The summed E-state index contributed by atoms with van der Waals surface area (Å²) in [5.74, 6) is 0.905. The fourth-order valence-corrected chi connectivity index (χ4v) is 3.48. The number of hydrogen-bond donors (Lipinski definition) is 0. The van der Waals surface area contributed by atoms with Crippen LogP contribution in [-0.2, 0) is 9.53 Å².